The largest absolute Gasteiger partial charge is 0.316 e. The molecule has 0 spiro atoms. The first-order valence-electron chi connectivity index (χ1n) is 3.66. The summed E-state index contributed by atoms with van der Waals surface area (Å²) in [5, 5.41) is 3.10. The third-order valence-electron chi connectivity index (χ3n) is 3.17. The van der Waals surface area contributed by atoms with Crippen molar-refractivity contribution in [1.82, 2.24) is 5.32 Å². The van der Waals surface area contributed by atoms with Gasteiger partial charge in [0.2, 0.25) is 6.43 Å². The summed E-state index contributed by atoms with van der Waals surface area (Å²) in [6, 6.07) is 0. The maximum Gasteiger partial charge on any atom is 0.244 e. The van der Waals surface area contributed by atoms with Crippen molar-refractivity contribution in [3.63, 3.8) is 0 Å². The van der Waals surface area contributed by atoms with Crippen LogP contribution >= 0.6 is 0 Å². The number of fused-ring (bicyclic) bond motifs is 1. The molecule has 1 saturated carbocycles. The maximum atomic E-state index is 12.3. The Morgan fingerprint density at radius 1 is 1.40 bits per heavy atom. The van der Waals surface area contributed by atoms with Gasteiger partial charge in [0.1, 0.15) is 0 Å². The molecule has 0 bridgehead atoms. The molecule has 0 aromatic carbocycles. The molecule has 2 aliphatic rings. The van der Waals surface area contributed by atoms with Crippen LogP contribution in [0.4, 0.5) is 8.78 Å². The van der Waals surface area contributed by atoms with E-state index < -0.39 is 11.8 Å². The molecule has 0 amide bonds. The zero-order valence-electron chi connectivity index (χ0n) is 5.90. The summed E-state index contributed by atoms with van der Waals surface area (Å²) in [6.07, 6.45) is -2.12. The van der Waals surface area contributed by atoms with Crippen molar-refractivity contribution >= 4 is 0 Å². The minimum atomic E-state index is -2.12. The zero-order chi connectivity index (χ0) is 7.35. The molecule has 58 valence electrons. The van der Waals surface area contributed by atoms with Gasteiger partial charge in [-0.05, 0) is 24.9 Å². The average Bonchev–Trinajstić information content (AvgIpc) is 2.28. The van der Waals surface area contributed by atoms with Crippen molar-refractivity contribution in [2.24, 2.45) is 17.3 Å². The summed E-state index contributed by atoms with van der Waals surface area (Å²) in [6.45, 7) is 3.30. The molecule has 1 saturated heterocycles. The molecular weight excluding hydrogens is 136 g/mol. The van der Waals surface area contributed by atoms with Crippen molar-refractivity contribution < 1.29 is 8.78 Å². The van der Waals surface area contributed by atoms with Crippen LogP contribution in [-0.4, -0.2) is 19.5 Å². The Morgan fingerprint density at radius 2 is 1.90 bits per heavy atom. The summed E-state index contributed by atoms with van der Waals surface area (Å²) in [5.41, 5.74) is -0.634. The van der Waals surface area contributed by atoms with Gasteiger partial charge in [-0.25, -0.2) is 8.78 Å². The number of nitrogens with one attached hydrogen (secondary N) is 1. The van der Waals surface area contributed by atoms with Crippen LogP contribution in [0.25, 0.3) is 0 Å². The van der Waals surface area contributed by atoms with Crippen LogP contribution in [0, 0.1) is 17.3 Å². The molecule has 2 unspecified atom stereocenters. The van der Waals surface area contributed by atoms with Gasteiger partial charge in [-0.15, -0.1) is 0 Å². The number of piperidine rings is 1. The molecule has 2 rings (SSSR count). The monoisotopic (exact) mass is 147 g/mol. The van der Waals surface area contributed by atoms with E-state index in [2.05, 4.69) is 5.32 Å². The Hall–Kier alpha value is -0.180. The lowest BCUT2D eigenvalue weighted by molar-refractivity contribution is 0.0511. The van der Waals surface area contributed by atoms with E-state index in [4.69, 9.17) is 0 Å². The van der Waals surface area contributed by atoms with Crippen molar-refractivity contribution in [3.05, 3.63) is 0 Å². The fourth-order valence-corrected chi connectivity index (χ4v) is 2.16. The van der Waals surface area contributed by atoms with E-state index in [0.29, 0.717) is 0 Å². The molecule has 1 aliphatic carbocycles. The lowest BCUT2D eigenvalue weighted by Crippen LogP contribution is -2.25. The van der Waals surface area contributed by atoms with Crippen LogP contribution in [0.5, 0.6) is 0 Å². The lowest BCUT2D eigenvalue weighted by atomic mass is 10.0. The third kappa shape index (κ3) is 0.546. The molecule has 2 fully saturated rings. The van der Waals surface area contributed by atoms with Crippen molar-refractivity contribution in [2.75, 3.05) is 13.1 Å². The Kier molecular flexibility index (Phi) is 1.11. The van der Waals surface area contributed by atoms with Crippen molar-refractivity contribution in [2.45, 2.75) is 13.3 Å². The Morgan fingerprint density at radius 3 is 2.20 bits per heavy atom. The number of alkyl halides is 2. The molecule has 0 aromatic rings. The highest BCUT2D eigenvalue weighted by atomic mass is 19.3. The van der Waals surface area contributed by atoms with E-state index in [1.54, 1.807) is 6.92 Å². The summed E-state index contributed by atoms with van der Waals surface area (Å²) in [5.74, 6) is 0.514. The third-order valence-corrected chi connectivity index (χ3v) is 3.17. The minimum absolute atomic E-state index is 0.257. The van der Waals surface area contributed by atoms with Gasteiger partial charge in [0.15, 0.2) is 0 Å². The number of hydrogen-bond donors (Lipinski definition) is 1. The van der Waals surface area contributed by atoms with Crippen LogP contribution in [0.15, 0.2) is 0 Å². The van der Waals surface area contributed by atoms with Gasteiger partial charge in [-0.3, -0.25) is 0 Å². The average molecular weight is 147 g/mol. The van der Waals surface area contributed by atoms with Gasteiger partial charge >= 0.3 is 0 Å². The van der Waals surface area contributed by atoms with E-state index in [1.807, 2.05) is 0 Å². The molecule has 0 radical (unpaired) electrons. The summed E-state index contributed by atoms with van der Waals surface area (Å²) in [4.78, 5) is 0. The van der Waals surface area contributed by atoms with E-state index in [1.165, 1.54) is 0 Å². The van der Waals surface area contributed by atoms with Gasteiger partial charge in [0.25, 0.3) is 0 Å². The quantitative estimate of drug-likeness (QED) is 0.585. The number of hydrogen-bond acceptors (Lipinski definition) is 1. The predicted molar refractivity (Wildman–Crippen MR) is 34.0 cm³/mol. The Bertz CT molecular complexity index is 148. The first-order valence-corrected chi connectivity index (χ1v) is 3.66. The molecule has 2 atom stereocenters. The van der Waals surface area contributed by atoms with Crippen molar-refractivity contribution in [1.29, 1.82) is 0 Å². The molecule has 0 aromatic heterocycles. The van der Waals surface area contributed by atoms with Crippen LogP contribution in [0.1, 0.15) is 6.92 Å². The molecular formula is C7H11F2N. The fourth-order valence-electron chi connectivity index (χ4n) is 2.16. The van der Waals surface area contributed by atoms with E-state index >= 15 is 0 Å². The second-order valence-electron chi connectivity index (χ2n) is 3.54. The van der Waals surface area contributed by atoms with Crippen LogP contribution in [0.2, 0.25) is 0 Å². The summed E-state index contributed by atoms with van der Waals surface area (Å²) >= 11 is 0. The second kappa shape index (κ2) is 1.70. The van der Waals surface area contributed by atoms with Gasteiger partial charge in [0.05, 0.1) is 0 Å². The number of rotatable bonds is 1. The Labute approximate surface area is 58.8 Å². The van der Waals surface area contributed by atoms with Gasteiger partial charge < -0.3 is 5.32 Å². The van der Waals surface area contributed by atoms with Gasteiger partial charge in [0, 0.05) is 5.41 Å². The van der Waals surface area contributed by atoms with Crippen LogP contribution in [-0.2, 0) is 0 Å². The number of halogens is 2. The predicted octanol–water partition coefficient (Wildman–Crippen LogP) is 1.11. The topological polar surface area (TPSA) is 12.0 Å². The standard InChI is InChI=1S/C7H11F2N/c1-7(6(8)9)4-2-10-3-5(4)7/h4-6,10H,2-3H2,1H3. The normalized spacial score (nSPS) is 51.6. The second-order valence-corrected chi connectivity index (χ2v) is 3.54. The molecule has 1 heterocycles. The first kappa shape index (κ1) is 6.53. The molecule has 10 heavy (non-hydrogen) atoms. The van der Waals surface area contributed by atoms with Gasteiger partial charge in [-0.2, -0.15) is 0 Å². The molecule has 1 aliphatic heterocycles. The van der Waals surface area contributed by atoms with Crippen LogP contribution in [0.3, 0.4) is 0 Å². The zero-order valence-corrected chi connectivity index (χ0v) is 5.90. The first-order chi connectivity index (χ1) is 4.67. The highest BCUT2D eigenvalue weighted by Crippen LogP contribution is 2.63. The minimum Gasteiger partial charge on any atom is -0.316 e. The summed E-state index contributed by atoms with van der Waals surface area (Å²) < 4.78 is 24.6. The van der Waals surface area contributed by atoms with Gasteiger partial charge in [-0.1, -0.05) is 6.92 Å². The molecule has 1 N–H and O–H groups in total. The lowest BCUT2D eigenvalue weighted by Gasteiger charge is -2.13. The van der Waals surface area contributed by atoms with E-state index in [-0.39, 0.29) is 11.8 Å². The highest BCUT2D eigenvalue weighted by Gasteiger charge is 2.67. The van der Waals surface area contributed by atoms with Crippen LogP contribution < -0.4 is 5.32 Å². The van der Waals surface area contributed by atoms with E-state index in [9.17, 15) is 8.78 Å². The maximum absolute atomic E-state index is 12.3. The fraction of sp³-hybridized carbons (Fsp3) is 1.00. The molecule has 1 nitrogen and oxygen atoms in total. The molecule has 3 heteroatoms. The summed E-state index contributed by atoms with van der Waals surface area (Å²) in [7, 11) is 0. The Balaban J connectivity index is 2.09. The van der Waals surface area contributed by atoms with Crippen molar-refractivity contribution in [3.8, 4) is 0 Å². The highest BCUT2D eigenvalue weighted by molar-refractivity contribution is 5.14. The van der Waals surface area contributed by atoms with E-state index in [0.717, 1.165) is 13.1 Å². The smallest absolute Gasteiger partial charge is 0.244 e. The SMILES string of the molecule is CC1(C(F)F)C2CNCC21.